The van der Waals surface area contributed by atoms with E-state index >= 15 is 0 Å². The van der Waals surface area contributed by atoms with Gasteiger partial charge in [0, 0.05) is 28.3 Å². The Balaban J connectivity index is 1.56. The molecule has 0 aliphatic heterocycles. The van der Waals surface area contributed by atoms with Crippen molar-refractivity contribution in [3.05, 3.63) is 140 Å². The molecule has 0 fully saturated rings. The lowest BCUT2D eigenvalue weighted by molar-refractivity contribution is -0.385. The predicted molar refractivity (Wildman–Crippen MR) is 154 cm³/mol. The third-order valence-corrected chi connectivity index (χ3v) is 6.06. The fraction of sp³-hybridized carbons (Fsp3) is 0. The van der Waals surface area contributed by atoms with E-state index in [-0.39, 0.29) is 17.1 Å². The number of nitro groups is 1. The number of para-hydroxylation sites is 2. The molecule has 0 spiro atoms. The van der Waals surface area contributed by atoms with E-state index in [1.165, 1.54) is 30.5 Å². The quantitative estimate of drug-likeness (QED) is 0.0601. The van der Waals surface area contributed by atoms with Gasteiger partial charge in [-0.05, 0) is 42.0 Å². The average molecular weight is 551 g/mol. The summed E-state index contributed by atoms with van der Waals surface area (Å²) in [6.07, 6.45) is 3.86. The van der Waals surface area contributed by atoms with Crippen LogP contribution in [0.3, 0.4) is 0 Å². The lowest BCUT2D eigenvalue weighted by Gasteiger charge is -2.10. The van der Waals surface area contributed by atoms with E-state index in [1.54, 1.807) is 72.8 Å². The van der Waals surface area contributed by atoms with Crippen LogP contribution in [0.15, 0.2) is 113 Å². The van der Waals surface area contributed by atoms with Crippen LogP contribution in [0.2, 0.25) is 5.02 Å². The van der Waals surface area contributed by atoms with Crippen LogP contribution in [-0.4, -0.2) is 26.8 Å². The van der Waals surface area contributed by atoms with Gasteiger partial charge in [-0.15, -0.1) is 0 Å². The Morgan fingerprint density at radius 2 is 1.68 bits per heavy atom. The predicted octanol–water partition coefficient (Wildman–Crippen LogP) is 6.13. The van der Waals surface area contributed by atoms with Crippen molar-refractivity contribution < 1.29 is 14.5 Å². The van der Waals surface area contributed by atoms with Crippen molar-refractivity contribution in [3.63, 3.8) is 0 Å². The van der Waals surface area contributed by atoms with Crippen molar-refractivity contribution in [3.8, 4) is 17.1 Å². The van der Waals surface area contributed by atoms with Crippen LogP contribution < -0.4 is 10.3 Å². The Hall–Kier alpha value is -5.41. The van der Waals surface area contributed by atoms with Crippen LogP contribution in [0.5, 0.6) is 5.75 Å². The first-order chi connectivity index (χ1) is 19.4. The molecule has 0 radical (unpaired) electrons. The van der Waals surface area contributed by atoms with E-state index in [9.17, 15) is 19.7 Å². The maximum atomic E-state index is 13.4. The van der Waals surface area contributed by atoms with Crippen molar-refractivity contribution in [2.75, 3.05) is 0 Å². The molecule has 10 heteroatoms. The number of halogens is 1. The first kappa shape index (κ1) is 26.2. The Morgan fingerprint density at radius 1 is 0.950 bits per heavy atom. The molecule has 1 aromatic heterocycles. The Labute approximate surface area is 232 Å². The minimum atomic E-state index is -0.839. The van der Waals surface area contributed by atoms with Gasteiger partial charge < -0.3 is 4.74 Å². The Kier molecular flexibility index (Phi) is 7.56. The second kappa shape index (κ2) is 11.5. The molecule has 0 N–H and O–H groups in total. The van der Waals surface area contributed by atoms with Gasteiger partial charge in [0.2, 0.25) is 5.75 Å². The van der Waals surface area contributed by atoms with Gasteiger partial charge in [0.05, 0.1) is 22.0 Å². The first-order valence-electron chi connectivity index (χ1n) is 11.9. The lowest BCUT2D eigenvalue weighted by Crippen LogP contribution is -2.20. The molecule has 0 unspecified atom stereocenters. The summed E-state index contributed by atoms with van der Waals surface area (Å²) < 4.78 is 6.51. The summed E-state index contributed by atoms with van der Waals surface area (Å²) in [5, 5.41) is 17.0. The third kappa shape index (κ3) is 5.69. The molecular formula is C30H19ClN4O5. The highest BCUT2D eigenvalue weighted by atomic mass is 35.5. The van der Waals surface area contributed by atoms with E-state index < -0.39 is 22.1 Å². The topological polar surface area (TPSA) is 117 Å². The molecule has 40 heavy (non-hydrogen) atoms. The summed E-state index contributed by atoms with van der Waals surface area (Å²) in [6.45, 7) is 0. The van der Waals surface area contributed by atoms with E-state index in [4.69, 9.17) is 16.3 Å². The van der Waals surface area contributed by atoms with Crippen molar-refractivity contribution in [2.45, 2.75) is 0 Å². The summed E-state index contributed by atoms with van der Waals surface area (Å²) in [5.41, 5.74) is 1.06. The number of carbonyl (C=O) groups excluding carboxylic acids is 1. The molecule has 0 aliphatic carbocycles. The fourth-order valence-corrected chi connectivity index (χ4v) is 4.02. The molecule has 0 atom stereocenters. The van der Waals surface area contributed by atoms with Crippen LogP contribution >= 0.6 is 11.6 Å². The molecule has 0 saturated heterocycles. The number of ether oxygens (including phenoxy) is 1. The number of fused-ring (bicyclic) bond motifs is 1. The monoisotopic (exact) mass is 550 g/mol. The third-order valence-electron chi connectivity index (χ3n) is 5.80. The summed E-state index contributed by atoms with van der Waals surface area (Å²) in [4.78, 5) is 41.8. The zero-order chi connectivity index (χ0) is 28.1. The zero-order valence-corrected chi connectivity index (χ0v) is 21.4. The van der Waals surface area contributed by atoms with Crippen LogP contribution in [0.4, 0.5) is 5.69 Å². The zero-order valence-electron chi connectivity index (χ0n) is 20.7. The van der Waals surface area contributed by atoms with Gasteiger partial charge >= 0.3 is 11.7 Å². The molecule has 5 aromatic rings. The highest BCUT2D eigenvalue weighted by Crippen LogP contribution is 2.30. The highest BCUT2D eigenvalue weighted by Gasteiger charge is 2.21. The molecule has 9 nitrogen and oxygen atoms in total. The van der Waals surface area contributed by atoms with Gasteiger partial charge in [-0.2, -0.15) is 9.78 Å². The number of nitro benzene ring substituents is 1. The second-order valence-electron chi connectivity index (χ2n) is 8.44. The fourth-order valence-electron chi connectivity index (χ4n) is 3.90. The molecule has 0 saturated carbocycles. The van der Waals surface area contributed by atoms with E-state index in [0.29, 0.717) is 27.1 Å². The largest absolute Gasteiger partial charge is 0.415 e. The normalized spacial score (nSPS) is 11.3. The second-order valence-corrected chi connectivity index (χ2v) is 8.88. The number of carbonyl (C=O) groups is 1. The molecule has 0 amide bonds. The highest BCUT2D eigenvalue weighted by molar-refractivity contribution is 6.30. The summed E-state index contributed by atoms with van der Waals surface area (Å²) in [7, 11) is 0. The summed E-state index contributed by atoms with van der Waals surface area (Å²) in [6, 6.07) is 26.8. The van der Waals surface area contributed by atoms with E-state index in [1.807, 2.05) is 6.07 Å². The van der Waals surface area contributed by atoms with Crippen molar-refractivity contribution >= 4 is 46.5 Å². The first-order valence-corrected chi connectivity index (χ1v) is 12.3. The average Bonchev–Trinajstić information content (AvgIpc) is 2.97. The number of esters is 1. The molecule has 0 aliphatic rings. The van der Waals surface area contributed by atoms with Gasteiger partial charge in [-0.25, -0.2) is 9.78 Å². The maximum absolute atomic E-state index is 13.4. The van der Waals surface area contributed by atoms with Crippen LogP contribution in [0.25, 0.3) is 28.4 Å². The number of hydrogen-bond acceptors (Lipinski definition) is 7. The van der Waals surface area contributed by atoms with Gasteiger partial charge in [-0.1, -0.05) is 72.3 Å². The minimum absolute atomic E-state index is 0.113. The number of hydrogen-bond donors (Lipinski definition) is 0. The minimum Gasteiger partial charge on any atom is -0.415 e. The standard InChI is InChI=1S/C30H19ClN4O5/c31-23-16-13-20(14-17-23)15-18-27(36)40-28-22(9-6-12-26(28)35(38)39)19-32-34-29(21-7-2-1-3-8-21)33-25-11-5-4-10-24(25)30(34)37/h1-19H/b18-15+,32-19?. The molecule has 1 heterocycles. The number of rotatable bonds is 7. The van der Waals surface area contributed by atoms with E-state index in [2.05, 4.69) is 10.1 Å². The van der Waals surface area contributed by atoms with Gasteiger partial charge in [0.15, 0.2) is 5.82 Å². The Morgan fingerprint density at radius 3 is 2.42 bits per heavy atom. The van der Waals surface area contributed by atoms with Gasteiger partial charge in [0.25, 0.3) is 5.56 Å². The van der Waals surface area contributed by atoms with Crippen LogP contribution in [0.1, 0.15) is 11.1 Å². The van der Waals surface area contributed by atoms with Crippen molar-refractivity contribution in [1.29, 1.82) is 0 Å². The Bertz CT molecular complexity index is 1850. The van der Waals surface area contributed by atoms with Crippen molar-refractivity contribution in [2.24, 2.45) is 5.10 Å². The van der Waals surface area contributed by atoms with Gasteiger partial charge in [0.1, 0.15) is 0 Å². The molecular weight excluding hydrogens is 532 g/mol. The van der Waals surface area contributed by atoms with Crippen LogP contribution in [0, 0.1) is 10.1 Å². The summed E-state index contributed by atoms with van der Waals surface area (Å²) >= 11 is 5.89. The molecule has 4 aromatic carbocycles. The summed E-state index contributed by atoms with van der Waals surface area (Å²) in [5.74, 6) is -0.881. The molecule has 0 bridgehead atoms. The molecule has 196 valence electrons. The maximum Gasteiger partial charge on any atom is 0.336 e. The van der Waals surface area contributed by atoms with Crippen LogP contribution in [-0.2, 0) is 4.79 Å². The van der Waals surface area contributed by atoms with E-state index in [0.717, 1.165) is 10.8 Å². The molecule has 5 rings (SSSR count). The smallest absolute Gasteiger partial charge is 0.336 e. The lowest BCUT2D eigenvalue weighted by atomic mass is 10.2. The number of benzene rings is 4. The van der Waals surface area contributed by atoms with Gasteiger partial charge in [-0.3, -0.25) is 14.9 Å². The SMILES string of the molecule is O=C(/C=C/c1ccc(Cl)cc1)Oc1c(C=Nn2c(-c3ccccc3)nc3ccccc3c2=O)cccc1[N+](=O)[O-]. The number of aromatic nitrogens is 2. The van der Waals surface area contributed by atoms with Crippen molar-refractivity contribution in [1.82, 2.24) is 9.66 Å². The number of nitrogens with zero attached hydrogens (tertiary/aromatic N) is 4.